The number of hydrogen-bond acceptors (Lipinski definition) is 7. The van der Waals surface area contributed by atoms with Crippen LogP contribution in [0.4, 0.5) is 29.1 Å². The summed E-state index contributed by atoms with van der Waals surface area (Å²) in [5.74, 6) is 1.18. The van der Waals surface area contributed by atoms with Gasteiger partial charge in [0.05, 0.1) is 40.3 Å². The summed E-state index contributed by atoms with van der Waals surface area (Å²) in [6, 6.07) is 17.3. The molecule has 284 valence electrons. The molecule has 1 aliphatic carbocycles. The van der Waals surface area contributed by atoms with Crippen molar-refractivity contribution in [1.29, 1.82) is 0 Å². The average molecular weight is 776 g/mol. The number of fused-ring (bicyclic) bond motifs is 2. The molecule has 3 fully saturated rings. The van der Waals surface area contributed by atoms with Crippen molar-refractivity contribution in [3.05, 3.63) is 111 Å². The molecule has 55 heavy (non-hydrogen) atoms. The number of H-pyrrole nitrogens is 2. The van der Waals surface area contributed by atoms with Crippen LogP contribution in [0.3, 0.4) is 0 Å². The Balaban J connectivity index is 0.913. The van der Waals surface area contributed by atoms with Gasteiger partial charge in [-0.15, -0.1) is 0 Å². The lowest BCUT2D eigenvalue weighted by Gasteiger charge is -2.34. The normalized spacial score (nSPS) is 19.2. The number of halogens is 5. The van der Waals surface area contributed by atoms with Gasteiger partial charge in [0.25, 0.3) is 5.91 Å². The summed E-state index contributed by atoms with van der Waals surface area (Å²) in [6.45, 7) is 2.96. The molecule has 0 radical (unpaired) electrons. The summed E-state index contributed by atoms with van der Waals surface area (Å²) >= 11 is 5.88. The molecule has 2 atom stereocenters. The highest BCUT2D eigenvalue weighted by Gasteiger charge is 2.57. The number of aromatic nitrogens is 5. The van der Waals surface area contributed by atoms with Crippen LogP contribution in [0.15, 0.2) is 71.5 Å². The molecule has 3 aromatic carbocycles. The molecule has 1 spiro atoms. The van der Waals surface area contributed by atoms with E-state index >= 15 is 0 Å². The summed E-state index contributed by atoms with van der Waals surface area (Å²) in [5.41, 5.74) is -0.317. The monoisotopic (exact) mass is 775 g/mol. The van der Waals surface area contributed by atoms with Crippen molar-refractivity contribution < 1.29 is 31.8 Å². The van der Waals surface area contributed by atoms with E-state index in [2.05, 4.69) is 24.8 Å². The smallest absolute Gasteiger partial charge is 0.418 e. The van der Waals surface area contributed by atoms with Crippen LogP contribution in [-0.2, 0) is 24.1 Å². The molecule has 9 rings (SSSR count). The van der Waals surface area contributed by atoms with E-state index in [1.807, 2.05) is 18.2 Å². The lowest BCUT2D eigenvalue weighted by molar-refractivity contribution is -0.136. The number of anilines is 2. The fourth-order valence-corrected chi connectivity index (χ4v) is 8.07. The van der Waals surface area contributed by atoms with E-state index in [-0.39, 0.29) is 35.1 Å². The van der Waals surface area contributed by atoms with Crippen LogP contribution in [0, 0.1) is 11.2 Å². The molecule has 2 saturated heterocycles. The summed E-state index contributed by atoms with van der Waals surface area (Å²) in [6.07, 6.45) is -0.932. The number of carbonyl (C=O) groups is 1. The fourth-order valence-electron chi connectivity index (χ4n) is 7.91. The Morgan fingerprint density at radius 1 is 1.05 bits per heavy atom. The Kier molecular flexibility index (Phi) is 8.61. The molecule has 0 bridgehead atoms. The zero-order valence-corrected chi connectivity index (χ0v) is 29.9. The van der Waals surface area contributed by atoms with Gasteiger partial charge in [-0.25, -0.2) is 14.2 Å². The quantitative estimate of drug-likeness (QED) is 0.128. The first-order chi connectivity index (χ1) is 26.4. The summed E-state index contributed by atoms with van der Waals surface area (Å²) in [7, 11) is 0. The second-order valence-electron chi connectivity index (χ2n) is 14.5. The number of aromatic amines is 2. The Morgan fingerprint density at radius 3 is 2.62 bits per heavy atom. The molecular formula is C39H34ClF4N7O4. The molecule has 1 unspecified atom stereocenters. The minimum Gasteiger partial charge on any atom is -0.473 e. The molecular weight excluding hydrogens is 742 g/mol. The predicted molar refractivity (Wildman–Crippen MR) is 197 cm³/mol. The average Bonchev–Trinajstić information content (AvgIpc) is 3.48. The maximum absolute atomic E-state index is 14.3. The number of alkyl halides is 3. The summed E-state index contributed by atoms with van der Waals surface area (Å²) < 4.78 is 69.6. The molecule has 3 aliphatic rings. The number of nitrogens with one attached hydrogen (secondary N) is 3. The van der Waals surface area contributed by atoms with Crippen LogP contribution in [0.1, 0.15) is 58.9 Å². The molecule has 1 saturated carbocycles. The number of benzene rings is 3. The standard InChI is InChI=1S/C39H34ClF4N7O4/c40-23-5-4-21(28(41)16-23)20-55-33-3-1-2-32(48-33)50-11-9-38(10-12-50)18-27(38)35-46-29-17-24(6-7-31(29)51(35)19-25-8-13-54-25)45-36(52)22-14-26(39(42,43)44)34-30(15-22)47-37(53)49-34/h1-7,14-17,25,27H,8-13,18-20H2,(H,45,52)(H2,47,49,53)/t25-,27?/m0/s1. The van der Waals surface area contributed by atoms with Gasteiger partial charge in [0.15, 0.2) is 0 Å². The van der Waals surface area contributed by atoms with Gasteiger partial charge in [0.2, 0.25) is 5.88 Å². The van der Waals surface area contributed by atoms with Gasteiger partial charge in [-0.05, 0) is 79.6 Å². The van der Waals surface area contributed by atoms with Gasteiger partial charge < -0.3 is 34.2 Å². The van der Waals surface area contributed by atoms with Gasteiger partial charge in [-0.3, -0.25) is 4.79 Å². The SMILES string of the molecule is O=C(Nc1ccc2c(c1)nc(C1CC13CCN(c1cccc(OCc4ccc(Cl)cc4F)n1)CC3)n2C[C@@H]1CCO1)c1cc(C(F)(F)F)c2[nH]c(=O)[nH]c2c1. The second-order valence-corrected chi connectivity index (χ2v) is 14.9. The Bertz CT molecular complexity index is 2520. The molecule has 6 aromatic rings. The molecule has 2 aliphatic heterocycles. The van der Waals surface area contributed by atoms with E-state index < -0.39 is 34.7 Å². The van der Waals surface area contributed by atoms with E-state index in [1.54, 1.807) is 30.3 Å². The van der Waals surface area contributed by atoms with E-state index in [0.717, 1.165) is 62.0 Å². The number of nitrogens with zero attached hydrogens (tertiary/aromatic N) is 4. The van der Waals surface area contributed by atoms with E-state index in [4.69, 9.17) is 31.0 Å². The van der Waals surface area contributed by atoms with Crippen molar-refractivity contribution in [3.8, 4) is 5.88 Å². The third kappa shape index (κ3) is 6.79. The van der Waals surface area contributed by atoms with E-state index in [9.17, 15) is 27.2 Å². The topological polar surface area (TPSA) is 130 Å². The fraction of sp³-hybridized carbons (Fsp3) is 0.333. The number of imidazole rings is 2. The Morgan fingerprint density at radius 2 is 1.87 bits per heavy atom. The largest absolute Gasteiger partial charge is 0.473 e. The van der Waals surface area contributed by atoms with Crippen molar-refractivity contribution in [2.45, 2.75) is 57.0 Å². The molecule has 16 heteroatoms. The highest BCUT2D eigenvalue weighted by Crippen LogP contribution is 2.65. The van der Waals surface area contributed by atoms with Crippen LogP contribution >= 0.6 is 11.6 Å². The van der Waals surface area contributed by atoms with Gasteiger partial charge in [0.1, 0.15) is 24.1 Å². The number of rotatable bonds is 9. The van der Waals surface area contributed by atoms with Gasteiger partial charge in [0, 0.05) is 53.5 Å². The van der Waals surface area contributed by atoms with Gasteiger partial charge >= 0.3 is 11.9 Å². The lowest BCUT2D eigenvalue weighted by atomic mass is 9.90. The van der Waals surface area contributed by atoms with Crippen LogP contribution < -0.4 is 20.6 Å². The van der Waals surface area contributed by atoms with Gasteiger partial charge in [-0.1, -0.05) is 23.7 Å². The molecule has 1 amide bonds. The van der Waals surface area contributed by atoms with E-state index in [1.165, 1.54) is 12.1 Å². The van der Waals surface area contributed by atoms with Crippen LogP contribution in [0.5, 0.6) is 5.88 Å². The number of ether oxygens (including phenoxy) is 2. The minimum absolute atomic E-state index is 0.0290. The van der Waals surface area contributed by atoms with E-state index in [0.29, 0.717) is 40.8 Å². The third-order valence-electron chi connectivity index (χ3n) is 11.1. The lowest BCUT2D eigenvalue weighted by Crippen LogP contribution is -2.36. The molecule has 5 heterocycles. The zero-order chi connectivity index (χ0) is 38.1. The summed E-state index contributed by atoms with van der Waals surface area (Å²) in [4.78, 5) is 41.6. The first-order valence-corrected chi connectivity index (χ1v) is 18.4. The summed E-state index contributed by atoms with van der Waals surface area (Å²) in [5, 5.41) is 3.04. The van der Waals surface area contributed by atoms with Crippen molar-refractivity contribution in [1.82, 2.24) is 24.5 Å². The van der Waals surface area contributed by atoms with Crippen molar-refractivity contribution in [2.24, 2.45) is 5.41 Å². The molecule has 3 N–H and O–H groups in total. The first kappa shape index (κ1) is 35.3. The third-order valence-corrected chi connectivity index (χ3v) is 11.3. The minimum atomic E-state index is -4.79. The number of pyridine rings is 1. The van der Waals surface area contributed by atoms with Crippen molar-refractivity contribution in [2.75, 3.05) is 29.9 Å². The second kappa shape index (κ2) is 13.4. The maximum Gasteiger partial charge on any atom is 0.418 e. The van der Waals surface area contributed by atoms with Gasteiger partial charge in [-0.2, -0.15) is 18.2 Å². The van der Waals surface area contributed by atoms with Crippen molar-refractivity contribution >= 4 is 51.1 Å². The van der Waals surface area contributed by atoms with Crippen molar-refractivity contribution in [3.63, 3.8) is 0 Å². The van der Waals surface area contributed by atoms with Crippen LogP contribution in [0.2, 0.25) is 5.02 Å². The number of carbonyl (C=O) groups excluding carboxylic acids is 1. The predicted octanol–water partition coefficient (Wildman–Crippen LogP) is 7.81. The van der Waals surface area contributed by atoms with Crippen LogP contribution in [-0.4, -0.2) is 56.2 Å². The van der Waals surface area contributed by atoms with Crippen LogP contribution in [0.25, 0.3) is 22.1 Å². The molecule has 3 aromatic heterocycles. The first-order valence-electron chi connectivity index (χ1n) is 18.0. The number of hydrogen-bond donors (Lipinski definition) is 3. The Labute approximate surface area is 315 Å². The highest BCUT2D eigenvalue weighted by atomic mass is 35.5. The highest BCUT2D eigenvalue weighted by molar-refractivity contribution is 6.30. The number of piperidine rings is 1. The number of amides is 1. The zero-order valence-electron chi connectivity index (χ0n) is 29.2. The maximum atomic E-state index is 14.3. The molecule has 11 nitrogen and oxygen atoms in total. The Hall–Kier alpha value is -5.41.